The lowest BCUT2D eigenvalue weighted by Gasteiger charge is -2.08. The minimum atomic E-state index is 0.670. The Kier molecular flexibility index (Phi) is 4.86. The van der Waals surface area contributed by atoms with Gasteiger partial charge in [0.1, 0.15) is 0 Å². The smallest absolute Gasteiger partial charge is 0.0810 e. The average Bonchev–Trinajstić information content (AvgIpc) is 2.84. The predicted octanol–water partition coefficient (Wildman–Crippen LogP) is 4.03. The van der Waals surface area contributed by atoms with Gasteiger partial charge in [0.15, 0.2) is 0 Å². The van der Waals surface area contributed by atoms with Crippen molar-refractivity contribution in [1.29, 1.82) is 0 Å². The van der Waals surface area contributed by atoms with E-state index in [1.54, 1.807) is 11.3 Å². The summed E-state index contributed by atoms with van der Waals surface area (Å²) in [7, 11) is 0. The second-order valence-electron chi connectivity index (χ2n) is 3.54. The molecule has 1 heterocycles. The van der Waals surface area contributed by atoms with E-state index >= 15 is 0 Å². The van der Waals surface area contributed by atoms with Crippen molar-refractivity contribution in [2.45, 2.75) is 6.61 Å². The van der Waals surface area contributed by atoms with Crippen molar-refractivity contribution in [3.05, 3.63) is 51.7 Å². The molecule has 0 atom stereocenters. The molecule has 1 aromatic carbocycles. The van der Waals surface area contributed by atoms with Crippen molar-refractivity contribution in [3.8, 4) is 0 Å². The van der Waals surface area contributed by atoms with Gasteiger partial charge in [-0.3, -0.25) is 0 Å². The van der Waals surface area contributed by atoms with E-state index in [-0.39, 0.29) is 0 Å². The third kappa shape index (κ3) is 4.04. The van der Waals surface area contributed by atoms with Crippen LogP contribution in [0.25, 0.3) is 0 Å². The third-order valence-electron chi connectivity index (χ3n) is 2.26. The molecule has 17 heavy (non-hydrogen) atoms. The predicted molar refractivity (Wildman–Crippen MR) is 73.9 cm³/mol. The molecule has 0 unspecified atom stereocenters. The summed E-state index contributed by atoms with van der Waals surface area (Å²) in [5.74, 6) is 0. The Labute approximate surface area is 110 Å². The maximum Gasteiger partial charge on any atom is 0.0810 e. The Morgan fingerprint density at radius 1 is 1.18 bits per heavy atom. The summed E-state index contributed by atoms with van der Waals surface area (Å²) in [5.41, 5.74) is 0.953. The maximum absolute atomic E-state index is 6.02. The van der Waals surface area contributed by atoms with Gasteiger partial charge in [0.2, 0.25) is 0 Å². The lowest BCUT2D eigenvalue weighted by molar-refractivity contribution is 0.132. The first-order valence-corrected chi connectivity index (χ1v) is 6.70. The van der Waals surface area contributed by atoms with Gasteiger partial charge in [-0.2, -0.15) is 0 Å². The van der Waals surface area contributed by atoms with Crippen molar-refractivity contribution in [2.75, 3.05) is 18.5 Å². The number of hydrogen-bond donors (Lipinski definition) is 1. The first-order chi connectivity index (χ1) is 8.36. The SMILES string of the molecule is Clc1ccccc1NCCOCc1cccs1. The van der Waals surface area contributed by atoms with E-state index in [2.05, 4.69) is 16.8 Å². The number of benzene rings is 1. The average molecular weight is 268 g/mol. The molecular formula is C13H14ClNOS. The van der Waals surface area contributed by atoms with Crippen LogP contribution < -0.4 is 5.32 Å². The molecule has 1 N–H and O–H groups in total. The number of rotatable bonds is 6. The fourth-order valence-electron chi connectivity index (χ4n) is 1.43. The van der Waals surface area contributed by atoms with Crippen molar-refractivity contribution in [3.63, 3.8) is 0 Å². The van der Waals surface area contributed by atoms with Gasteiger partial charge < -0.3 is 10.1 Å². The molecule has 0 spiro atoms. The van der Waals surface area contributed by atoms with Crippen LogP contribution in [-0.4, -0.2) is 13.2 Å². The molecular weight excluding hydrogens is 254 g/mol. The van der Waals surface area contributed by atoms with Crippen LogP contribution in [0.2, 0.25) is 5.02 Å². The van der Waals surface area contributed by atoms with Gasteiger partial charge in [-0.1, -0.05) is 29.8 Å². The largest absolute Gasteiger partial charge is 0.382 e. The molecule has 0 bridgehead atoms. The lowest BCUT2D eigenvalue weighted by Crippen LogP contribution is -2.09. The topological polar surface area (TPSA) is 21.3 Å². The van der Waals surface area contributed by atoms with Gasteiger partial charge in [0.25, 0.3) is 0 Å². The summed E-state index contributed by atoms with van der Waals surface area (Å²) in [6, 6.07) is 11.8. The van der Waals surface area contributed by atoms with Crippen molar-refractivity contribution >= 4 is 28.6 Å². The zero-order valence-electron chi connectivity index (χ0n) is 9.36. The lowest BCUT2D eigenvalue weighted by atomic mass is 10.3. The van der Waals surface area contributed by atoms with Crippen LogP contribution in [0.1, 0.15) is 4.88 Å². The van der Waals surface area contributed by atoms with Crippen LogP contribution in [0.5, 0.6) is 0 Å². The van der Waals surface area contributed by atoms with Crippen LogP contribution in [0.15, 0.2) is 41.8 Å². The zero-order valence-corrected chi connectivity index (χ0v) is 10.9. The van der Waals surface area contributed by atoms with E-state index in [1.807, 2.05) is 30.3 Å². The third-order valence-corrected chi connectivity index (χ3v) is 3.44. The van der Waals surface area contributed by atoms with Gasteiger partial charge in [-0.15, -0.1) is 11.3 Å². The Morgan fingerprint density at radius 2 is 2.06 bits per heavy atom. The minimum Gasteiger partial charge on any atom is -0.382 e. The number of anilines is 1. The molecule has 0 aliphatic heterocycles. The quantitative estimate of drug-likeness (QED) is 0.798. The second kappa shape index (κ2) is 6.64. The van der Waals surface area contributed by atoms with Gasteiger partial charge in [0, 0.05) is 11.4 Å². The first-order valence-electron chi connectivity index (χ1n) is 5.45. The second-order valence-corrected chi connectivity index (χ2v) is 4.98. The van der Waals surface area contributed by atoms with Crippen LogP contribution in [0, 0.1) is 0 Å². The molecule has 0 saturated heterocycles. The molecule has 90 valence electrons. The minimum absolute atomic E-state index is 0.670. The van der Waals surface area contributed by atoms with E-state index < -0.39 is 0 Å². The van der Waals surface area contributed by atoms with Gasteiger partial charge in [-0.25, -0.2) is 0 Å². The van der Waals surface area contributed by atoms with Gasteiger partial charge in [0.05, 0.1) is 23.9 Å². The summed E-state index contributed by atoms with van der Waals surface area (Å²) >= 11 is 7.73. The summed E-state index contributed by atoms with van der Waals surface area (Å²) < 4.78 is 5.54. The number of para-hydroxylation sites is 1. The van der Waals surface area contributed by atoms with E-state index in [0.29, 0.717) is 13.2 Å². The number of halogens is 1. The van der Waals surface area contributed by atoms with Gasteiger partial charge in [-0.05, 0) is 23.6 Å². The van der Waals surface area contributed by atoms with Crippen LogP contribution >= 0.6 is 22.9 Å². The highest BCUT2D eigenvalue weighted by Crippen LogP contribution is 2.19. The standard InChI is InChI=1S/C13H14ClNOS/c14-12-5-1-2-6-13(12)15-7-8-16-10-11-4-3-9-17-11/h1-6,9,15H,7-8,10H2. The molecule has 0 saturated carbocycles. The Hall–Kier alpha value is -1.03. The fraction of sp³-hybridized carbons (Fsp3) is 0.231. The molecule has 4 heteroatoms. The molecule has 0 aliphatic carbocycles. The monoisotopic (exact) mass is 267 g/mol. The Balaban J connectivity index is 1.65. The summed E-state index contributed by atoms with van der Waals surface area (Å²) in [5, 5.41) is 6.04. The first kappa shape index (κ1) is 12.4. The summed E-state index contributed by atoms with van der Waals surface area (Å²) in [6.07, 6.45) is 0. The molecule has 0 aliphatic rings. The molecule has 2 rings (SSSR count). The molecule has 1 aromatic heterocycles. The molecule has 0 amide bonds. The Morgan fingerprint density at radius 3 is 2.82 bits per heavy atom. The number of hydrogen-bond acceptors (Lipinski definition) is 3. The highest BCUT2D eigenvalue weighted by molar-refractivity contribution is 7.09. The Bertz CT molecular complexity index is 444. The van der Waals surface area contributed by atoms with Gasteiger partial charge >= 0.3 is 0 Å². The van der Waals surface area contributed by atoms with Crippen LogP contribution in [0.4, 0.5) is 5.69 Å². The van der Waals surface area contributed by atoms with Crippen LogP contribution in [-0.2, 0) is 11.3 Å². The van der Waals surface area contributed by atoms with E-state index in [0.717, 1.165) is 17.3 Å². The molecule has 0 radical (unpaired) electrons. The van der Waals surface area contributed by atoms with E-state index in [9.17, 15) is 0 Å². The number of ether oxygens (including phenoxy) is 1. The summed E-state index contributed by atoms with van der Waals surface area (Å²) in [6.45, 7) is 2.11. The number of nitrogens with one attached hydrogen (secondary N) is 1. The van der Waals surface area contributed by atoms with E-state index in [4.69, 9.17) is 16.3 Å². The molecule has 2 aromatic rings. The fourth-order valence-corrected chi connectivity index (χ4v) is 2.27. The van der Waals surface area contributed by atoms with Crippen molar-refractivity contribution in [1.82, 2.24) is 0 Å². The molecule has 2 nitrogen and oxygen atoms in total. The summed E-state index contributed by atoms with van der Waals surface area (Å²) in [4.78, 5) is 1.25. The highest BCUT2D eigenvalue weighted by atomic mass is 35.5. The molecule has 0 fully saturated rings. The van der Waals surface area contributed by atoms with Crippen molar-refractivity contribution < 1.29 is 4.74 Å². The van der Waals surface area contributed by atoms with Crippen molar-refractivity contribution in [2.24, 2.45) is 0 Å². The normalized spacial score (nSPS) is 10.4. The number of thiophene rings is 1. The maximum atomic E-state index is 6.02. The van der Waals surface area contributed by atoms with Crippen LogP contribution in [0.3, 0.4) is 0 Å². The zero-order chi connectivity index (χ0) is 11.9. The highest BCUT2D eigenvalue weighted by Gasteiger charge is 1.97. The van der Waals surface area contributed by atoms with E-state index in [1.165, 1.54) is 4.88 Å².